The van der Waals surface area contributed by atoms with Crippen molar-refractivity contribution in [2.45, 2.75) is 18.2 Å². The third-order valence-electron chi connectivity index (χ3n) is 3.18. The monoisotopic (exact) mass is 308 g/mol. The second kappa shape index (κ2) is 5.82. The van der Waals surface area contributed by atoms with Crippen molar-refractivity contribution in [3.63, 3.8) is 0 Å². The van der Waals surface area contributed by atoms with E-state index in [1.807, 2.05) is 9.47 Å². The molecule has 1 aliphatic heterocycles. The zero-order chi connectivity index (χ0) is 14.8. The minimum Gasteiger partial charge on any atom is -0.481 e. The molecule has 2 heterocycles. The molecule has 0 unspecified atom stereocenters. The number of aliphatic carboxylic acids is 1. The van der Waals surface area contributed by atoms with Crippen LogP contribution < -0.4 is 0 Å². The number of thioether (sulfide) groups is 1. The van der Waals surface area contributed by atoms with Gasteiger partial charge in [-0.2, -0.15) is 0 Å². The maximum absolute atomic E-state index is 13.0. The van der Waals surface area contributed by atoms with Crippen molar-refractivity contribution < 1.29 is 14.3 Å². The van der Waals surface area contributed by atoms with E-state index in [2.05, 4.69) is 10.2 Å². The second-order valence-corrected chi connectivity index (χ2v) is 5.61. The van der Waals surface area contributed by atoms with E-state index < -0.39 is 5.97 Å². The van der Waals surface area contributed by atoms with Crippen molar-refractivity contribution in [3.8, 4) is 11.4 Å². The van der Waals surface area contributed by atoms with E-state index in [0.717, 1.165) is 10.7 Å². The van der Waals surface area contributed by atoms with Crippen molar-refractivity contribution in [2.24, 2.45) is 0 Å². The molecular formula is C13H13FN4O2S. The van der Waals surface area contributed by atoms with Gasteiger partial charge in [-0.1, -0.05) is 11.8 Å². The molecule has 1 aliphatic rings. The van der Waals surface area contributed by atoms with Crippen LogP contribution in [0.4, 0.5) is 4.39 Å². The molecule has 0 atom stereocenters. The number of fused-ring (bicyclic) bond motifs is 1. The summed E-state index contributed by atoms with van der Waals surface area (Å²) in [7, 11) is 0. The minimum absolute atomic E-state index is 0.101. The standard InChI is InChI=1S/C13H13FN4O2S/c14-10-3-1-9(2-4-10)12-15-16-13-18(12)7-17(8-21-13)6-5-11(19)20/h1-4H,5-8H2,(H,19,20). The second-order valence-electron chi connectivity index (χ2n) is 4.69. The fourth-order valence-electron chi connectivity index (χ4n) is 2.11. The number of nitrogens with zero attached hydrogens (tertiary/aromatic N) is 4. The van der Waals surface area contributed by atoms with Crippen LogP contribution in [0.3, 0.4) is 0 Å². The van der Waals surface area contributed by atoms with Crippen LogP contribution in [0, 0.1) is 5.82 Å². The maximum atomic E-state index is 13.0. The van der Waals surface area contributed by atoms with Gasteiger partial charge in [-0.25, -0.2) is 4.39 Å². The van der Waals surface area contributed by atoms with Gasteiger partial charge in [-0.3, -0.25) is 14.3 Å². The molecular weight excluding hydrogens is 295 g/mol. The number of hydrogen-bond donors (Lipinski definition) is 1. The Hall–Kier alpha value is -1.93. The number of rotatable bonds is 4. The van der Waals surface area contributed by atoms with Crippen LogP contribution in [0.25, 0.3) is 11.4 Å². The van der Waals surface area contributed by atoms with Crippen molar-refractivity contribution in [1.82, 2.24) is 19.7 Å². The normalized spacial score (nSPS) is 14.9. The molecule has 8 heteroatoms. The number of benzene rings is 1. The van der Waals surface area contributed by atoms with Crippen LogP contribution in [0.15, 0.2) is 29.4 Å². The summed E-state index contributed by atoms with van der Waals surface area (Å²) >= 11 is 1.52. The van der Waals surface area contributed by atoms with Gasteiger partial charge in [0, 0.05) is 12.1 Å². The Bertz CT molecular complexity index is 659. The largest absolute Gasteiger partial charge is 0.481 e. The van der Waals surface area contributed by atoms with Gasteiger partial charge in [0.05, 0.1) is 19.0 Å². The highest BCUT2D eigenvalue weighted by Crippen LogP contribution is 2.28. The highest BCUT2D eigenvalue weighted by molar-refractivity contribution is 7.99. The Labute approximate surface area is 124 Å². The van der Waals surface area contributed by atoms with Gasteiger partial charge in [0.15, 0.2) is 11.0 Å². The minimum atomic E-state index is -0.812. The number of carbonyl (C=O) groups is 1. The van der Waals surface area contributed by atoms with Crippen LogP contribution in [0.5, 0.6) is 0 Å². The predicted octanol–water partition coefficient (Wildman–Crippen LogP) is 1.88. The molecule has 110 valence electrons. The van der Waals surface area contributed by atoms with Gasteiger partial charge in [0.1, 0.15) is 5.82 Å². The van der Waals surface area contributed by atoms with Gasteiger partial charge in [-0.15, -0.1) is 10.2 Å². The highest BCUT2D eigenvalue weighted by atomic mass is 32.2. The van der Waals surface area contributed by atoms with Gasteiger partial charge in [-0.05, 0) is 24.3 Å². The average molecular weight is 308 g/mol. The number of aromatic nitrogens is 3. The van der Waals surface area contributed by atoms with Crippen molar-refractivity contribution in [2.75, 3.05) is 12.4 Å². The van der Waals surface area contributed by atoms with E-state index >= 15 is 0 Å². The molecule has 6 nitrogen and oxygen atoms in total. The number of carboxylic acid groups (broad SMARTS) is 1. The molecule has 0 spiro atoms. The first kappa shape index (κ1) is 14.0. The molecule has 3 rings (SSSR count). The predicted molar refractivity (Wildman–Crippen MR) is 75.1 cm³/mol. The first-order chi connectivity index (χ1) is 10.1. The molecule has 0 saturated heterocycles. The summed E-state index contributed by atoms with van der Waals surface area (Å²) in [6.45, 7) is 1.01. The Kier molecular flexibility index (Phi) is 3.89. The quantitative estimate of drug-likeness (QED) is 0.930. The highest BCUT2D eigenvalue weighted by Gasteiger charge is 2.22. The summed E-state index contributed by atoms with van der Waals surface area (Å²) in [4.78, 5) is 12.7. The summed E-state index contributed by atoms with van der Waals surface area (Å²) < 4.78 is 14.9. The molecule has 0 aliphatic carbocycles. The molecule has 0 radical (unpaired) electrons. The Morgan fingerprint density at radius 1 is 1.33 bits per heavy atom. The van der Waals surface area contributed by atoms with E-state index in [0.29, 0.717) is 24.9 Å². The van der Waals surface area contributed by atoms with E-state index in [-0.39, 0.29) is 12.2 Å². The molecule has 0 fully saturated rings. The van der Waals surface area contributed by atoms with E-state index in [1.165, 1.54) is 23.9 Å². The summed E-state index contributed by atoms with van der Waals surface area (Å²) in [5.74, 6) is 0.245. The fourth-order valence-corrected chi connectivity index (χ4v) is 3.02. The molecule has 2 aromatic rings. The van der Waals surface area contributed by atoms with Crippen LogP contribution in [-0.4, -0.2) is 43.2 Å². The lowest BCUT2D eigenvalue weighted by atomic mass is 10.2. The third-order valence-corrected chi connectivity index (χ3v) is 4.23. The Morgan fingerprint density at radius 3 is 2.81 bits per heavy atom. The third kappa shape index (κ3) is 3.06. The fraction of sp³-hybridized carbons (Fsp3) is 0.308. The van der Waals surface area contributed by atoms with Crippen LogP contribution >= 0.6 is 11.8 Å². The number of hydrogen-bond acceptors (Lipinski definition) is 5. The first-order valence-electron chi connectivity index (χ1n) is 6.39. The lowest BCUT2D eigenvalue weighted by molar-refractivity contribution is -0.137. The van der Waals surface area contributed by atoms with Crippen LogP contribution in [0.2, 0.25) is 0 Å². The molecule has 1 aromatic carbocycles. The van der Waals surface area contributed by atoms with Gasteiger partial charge in [0.2, 0.25) is 0 Å². The average Bonchev–Trinajstić information content (AvgIpc) is 2.89. The molecule has 0 bridgehead atoms. The maximum Gasteiger partial charge on any atom is 0.304 e. The zero-order valence-electron chi connectivity index (χ0n) is 11.1. The van der Waals surface area contributed by atoms with E-state index in [4.69, 9.17) is 5.11 Å². The van der Waals surface area contributed by atoms with Gasteiger partial charge in [0.25, 0.3) is 0 Å². The molecule has 0 amide bonds. The summed E-state index contributed by atoms with van der Waals surface area (Å²) in [6.07, 6.45) is 0.101. The van der Waals surface area contributed by atoms with E-state index in [9.17, 15) is 9.18 Å². The van der Waals surface area contributed by atoms with E-state index in [1.54, 1.807) is 12.1 Å². The number of halogens is 1. The lowest BCUT2D eigenvalue weighted by Crippen LogP contribution is -2.32. The summed E-state index contributed by atoms with van der Waals surface area (Å²) in [5, 5.41) is 17.8. The van der Waals surface area contributed by atoms with Crippen molar-refractivity contribution in [1.29, 1.82) is 0 Å². The lowest BCUT2D eigenvalue weighted by Gasteiger charge is -2.27. The summed E-state index contributed by atoms with van der Waals surface area (Å²) in [6, 6.07) is 6.09. The molecule has 1 aromatic heterocycles. The SMILES string of the molecule is O=C(O)CCN1CSc2nnc(-c3ccc(F)cc3)n2C1. The molecule has 1 N–H and O–H groups in total. The molecule has 21 heavy (non-hydrogen) atoms. The van der Waals surface area contributed by atoms with Crippen LogP contribution in [-0.2, 0) is 11.5 Å². The topological polar surface area (TPSA) is 71.2 Å². The van der Waals surface area contributed by atoms with Crippen LogP contribution in [0.1, 0.15) is 6.42 Å². The van der Waals surface area contributed by atoms with Gasteiger partial charge >= 0.3 is 5.97 Å². The van der Waals surface area contributed by atoms with Gasteiger partial charge < -0.3 is 5.11 Å². The molecule has 0 saturated carbocycles. The first-order valence-corrected chi connectivity index (χ1v) is 7.38. The Morgan fingerprint density at radius 2 is 2.10 bits per heavy atom. The zero-order valence-corrected chi connectivity index (χ0v) is 11.9. The smallest absolute Gasteiger partial charge is 0.304 e. The van der Waals surface area contributed by atoms with Crippen molar-refractivity contribution in [3.05, 3.63) is 30.1 Å². The summed E-state index contributed by atoms with van der Waals surface area (Å²) in [5.41, 5.74) is 0.788. The Balaban J connectivity index is 1.82. The number of carboxylic acids is 1. The van der Waals surface area contributed by atoms with Crippen molar-refractivity contribution >= 4 is 17.7 Å².